The van der Waals surface area contributed by atoms with Crippen LogP contribution >= 0.6 is 28.1 Å². The number of hydrogen-bond acceptors (Lipinski definition) is 4. The van der Waals surface area contributed by atoms with Crippen LogP contribution in [0.4, 0.5) is 5.69 Å². The van der Waals surface area contributed by atoms with Gasteiger partial charge in [0.1, 0.15) is 17.2 Å². The van der Waals surface area contributed by atoms with Gasteiger partial charge in [-0.2, -0.15) is 0 Å². The number of thiocarbonyl (C=S) groups is 1. The topological polar surface area (TPSA) is 50.8 Å². The fourth-order valence-electron chi connectivity index (χ4n) is 2.64. The van der Waals surface area contributed by atoms with Crippen LogP contribution in [-0.2, 0) is 4.79 Å². The number of nitrogens with zero attached hydrogens (tertiary/aromatic N) is 1. The summed E-state index contributed by atoms with van der Waals surface area (Å²) < 4.78 is 11.9. The van der Waals surface area contributed by atoms with Crippen molar-refractivity contribution in [2.75, 3.05) is 18.6 Å². The van der Waals surface area contributed by atoms with E-state index in [9.17, 15) is 4.79 Å². The van der Waals surface area contributed by atoms with Crippen LogP contribution in [0.2, 0.25) is 0 Å². The Kier molecular flexibility index (Phi) is 5.58. The van der Waals surface area contributed by atoms with Crippen molar-refractivity contribution in [3.05, 3.63) is 58.2 Å². The Bertz CT molecular complexity index is 898. The molecule has 1 saturated heterocycles. The van der Waals surface area contributed by atoms with Gasteiger partial charge in [-0.3, -0.25) is 4.79 Å². The van der Waals surface area contributed by atoms with Crippen molar-refractivity contribution in [2.24, 2.45) is 0 Å². The largest absolute Gasteiger partial charge is 0.495 e. The highest BCUT2D eigenvalue weighted by molar-refractivity contribution is 9.10. The van der Waals surface area contributed by atoms with E-state index in [1.54, 1.807) is 25.3 Å². The standard InChI is InChI=1S/C19H17BrN2O3S/c1-3-25-16-9-8-13(20)10-12(16)11-14-18(23)22(19(26)21-14)15-6-4-5-7-17(15)24-2/h4-11H,3H2,1-2H3,(H,21,26)/b14-11+. The maximum absolute atomic E-state index is 12.9. The predicted molar refractivity (Wildman–Crippen MR) is 110 cm³/mol. The van der Waals surface area contributed by atoms with Crippen molar-refractivity contribution >= 4 is 50.9 Å². The molecule has 26 heavy (non-hydrogen) atoms. The number of hydrogen-bond donors (Lipinski definition) is 1. The van der Waals surface area contributed by atoms with Crippen LogP contribution in [0, 0.1) is 0 Å². The molecule has 0 spiro atoms. The normalized spacial score (nSPS) is 15.3. The third-order valence-electron chi connectivity index (χ3n) is 3.78. The number of carbonyl (C=O) groups excluding carboxylic acids is 1. The summed E-state index contributed by atoms with van der Waals surface area (Å²) in [5.41, 5.74) is 1.75. The van der Waals surface area contributed by atoms with Gasteiger partial charge in [-0.25, -0.2) is 4.90 Å². The second-order valence-electron chi connectivity index (χ2n) is 5.42. The SMILES string of the molecule is CCOc1ccc(Br)cc1/C=C1/NC(=S)N(c2ccccc2OC)C1=O. The van der Waals surface area contributed by atoms with Crippen molar-refractivity contribution in [1.29, 1.82) is 0 Å². The van der Waals surface area contributed by atoms with E-state index in [1.807, 2.05) is 37.3 Å². The van der Waals surface area contributed by atoms with Crippen LogP contribution in [0.3, 0.4) is 0 Å². The van der Waals surface area contributed by atoms with Crippen LogP contribution in [0.5, 0.6) is 11.5 Å². The molecular formula is C19H17BrN2O3S. The Hall–Kier alpha value is -2.38. The van der Waals surface area contributed by atoms with Gasteiger partial charge in [-0.05, 0) is 55.5 Å². The molecule has 0 bridgehead atoms. The molecule has 2 aromatic rings. The first kappa shape index (κ1) is 18.4. The third kappa shape index (κ3) is 3.59. The lowest BCUT2D eigenvalue weighted by Gasteiger charge is -2.17. The molecule has 1 amide bonds. The van der Waals surface area contributed by atoms with E-state index in [0.29, 0.717) is 34.6 Å². The van der Waals surface area contributed by atoms with Crippen molar-refractivity contribution in [3.8, 4) is 11.5 Å². The van der Waals surface area contributed by atoms with E-state index in [1.165, 1.54) is 4.90 Å². The lowest BCUT2D eigenvalue weighted by Crippen LogP contribution is -2.30. The molecule has 5 nitrogen and oxygen atoms in total. The van der Waals surface area contributed by atoms with E-state index in [0.717, 1.165) is 10.0 Å². The van der Waals surface area contributed by atoms with Gasteiger partial charge in [-0.1, -0.05) is 28.1 Å². The number of para-hydroxylation sites is 2. The fourth-order valence-corrected chi connectivity index (χ4v) is 3.31. The molecule has 0 aromatic heterocycles. The van der Waals surface area contributed by atoms with Gasteiger partial charge in [0.25, 0.3) is 5.91 Å². The Morgan fingerprint density at radius 2 is 2.00 bits per heavy atom. The molecule has 0 saturated carbocycles. The smallest absolute Gasteiger partial charge is 0.281 e. The van der Waals surface area contributed by atoms with E-state index < -0.39 is 0 Å². The van der Waals surface area contributed by atoms with Crippen LogP contribution in [-0.4, -0.2) is 24.7 Å². The first-order valence-electron chi connectivity index (χ1n) is 7.97. The number of amides is 1. The van der Waals surface area contributed by atoms with Crippen molar-refractivity contribution < 1.29 is 14.3 Å². The zero-order chi connectivity index (χ0) is 18.7. The quantitative estimate of drug-likeness (QED) is 0.568. The summed E-state index contributed by atoms with van der Waals surface area (Å²) in [6, 6.07) is 12.9. The van der Waals surface area contributed by atoms with Gasteiger partial charge < -0.3 is 14.8 Å². The third-order valence-corrected chi connectivity index (χ3v) is 4.55. The average Bonchev–Trinajstić information content (AvgIpc) is 2.91. The number of benzene rings is 2. The second kappa shape index (κ2) is 7.88. The summed E-state index contributed by atoms with van der Waals surface area (Å²) in [5.74, 6) is 1.02. The van der Waals surface area contributed by atoms with Crippen molar-refractivity contribution in [2.45, 2.75) is 6.92 Å². The van der Waals surface area contributed by atoms with Crippen molar-refractivity contribution in [1.82, 2.24) is 5.32 Å². The number of ether oxygens (including phenoxy) is 2. The molecule has 1 N–H and O–H groups in total. The Morgan fingerprint density at radius 1 is 1.23 bits per heavy atom. The van der Waals surface area contributed by atoms with Crippen molar-refractivity contribution in [3.63, 3.8) is 0 Å². The van der Waals surface area contributed by atoms with Crippen LogP contribution < -0.4 is 19.7 Å². The molecule has 0 radical (unpaired) electrons. The number of anilines is 1. The van der Waals surface area contributed by atoms with Gasteiger partial charge >= 0.3 is 0 Å². The van der Waals surface area contributed by atoms with Crippen LogP contribution in [0.25, 0.3) is 6.08 Å². The van der Waals surface area contributed by atoms with Gasteiger partial charge in [0, 0.05) is 10.0 Å². The summed E-state index contributed by atoms with van der Waals surface area (Å²) in [7, 11) is 1.56. The van der Waals surface area contributed by atoms with Gasteiger partial charge in [-0.15, -0.1) is 0 Å². The lowest BCUT2D eigenvalue weighted by molar-refractivity contribution is -0.113. The summed E-state index contributed by atoms with van der Waals surface area (Å²) in [5, 5.41) is 3.29. The Balaban J connectivity index is 1.99. The van der Waals surface area contributed by atoms with Gasteiger partial charge in [0.15, 0.2) is 5.11 Å². The number of carbonyl (C=O) groups is 1. The predicted octanol–water partition coefficient (Wildman–Crippen LogP) is 4.12. The molecule has 1 aliphatic heterocycles. The zero-order valence-electron chi connectivity index (χ0n) is 14.3. The van der Waals surface area contributed by atoms with Gasteiger partial charge in [0.05, 0.1) is 19.4 Å². The number of halogens is 1. The first-order valence-corrected chi connectivity index (χ1v) is 9.17. The van der Waals surface area contributed by atoms with E-state index in [2.05, 4.69) is 21.2 Å². The minimum atomic E-state index is -0.248. The lowest BCUT2D eigenvalue weighted by atomic mass is 10.1. The monoisotopic (exact) mass is 432 g/mol. The summed E-state index contributed by atoms with van der Waals surface area (Å²) in [6.07, 6.45) is 1.74. The highest BCUT2D eigenvalue weighted by Crippen LogP contribution is 2.32. The molecule has 0 atom stereocenters. The fraction of sp³-hybridized carbons (Fsp3) is 0.158. The summed E-state index contributed by atoms with van der Waals surface area (Å²) in [6.45, 7) is 2.45. The molecule has 7 heteroatoms. The zero-order valence-corrected chi connectivity index (χ0v) is 16.7. The van der Waals surface area contributed by atoms with E-state index in [-0.39, 0.29) is 5.91 Å². The molecule has 1 heterocycles. The second-order valence-corrected chi connectivity index (χ2v) is 6.72. The highest BCUT2D eigenvalue weighted by atomic mass is 79.9. The minimum Gasteiger partial charge on any atom is -0.495 e. The average molecular weight is 433 g/mol. The Labute approximate surface area is 165 Å². The Morgan fingerprint density at radius 3 is 2.73 bits per heavy atom. The van der Waals surface area contributed by atoms with Crippen LogP contribution in [0.1, 0.15) is 12.5 Å². The first-order chi connectivity index (χ1) is 12.5. The molecular weight excluding hydrogens is 416 g/mol. The maximum atomic E-state index is 12.9. The number of nitrogens with one attached hydrogen (secondary N) is 1. The van der Waals surface area contributed by atoms with E-state index in [4.69, 9.17) is 21.7 Å². The molecule has 0 aliphatic carbocycles. The minimum absolute atomic E-state index is 0.248. The molecule has 2 aromatic carbocycles. The van der Waals surface area contributed by atoms with E-state index >= 15 is 0 Å². The summed E-state index contributed by atoms with van der Waals surface area (Å²) in [4.78, 5) is 14.4. The number of methoxy groups -OCH3 is 1. The molecule has 0 unspecified atom stereocenters. The highest BCUT2D eigenvalue weighted by Gasteiger charge is 2.33. The molecule has 134 valence electrons. The number of rotatable bonds is 5. The summed E-state index contributed by atoms with van der Waals surface area (Å²) >= 11 is 8.82. The molecule has 1 fully saturated rings. The molecule has 1 aliphatic rings. The maximum Gasteiger partial charge on any atom is 0.281 e. The van der Waals surface area contributed by atoms with Gasteiger partial charge in [0.2, 0.25) is 0 Å². The van der Waals surface area contributed by atoms with Crippen LogP contribution in [0.15, 0.2) is 52.6 Å². The molecule has 3 rings (SSSR count).